The first-order valence-corrected chi connectivity index (χ1v) is 11.4. The van der Waals surface area contributed by atoms with E-state index in [4.69, 9.17) is 14.2 Å². The van der Waals surface area contributed by atoms with Gasteiger partial charge in [0.25, 0.3) is 5.91 Å². The van der Waals surface area contributed by atoms with Crippen LogP contribution in [-0.2, 0) is 13.0 Å². The van der Waals surface area contributed by atoms with Crippen LogP contribution in [0.3, 0.4) is 0 Å². The molecule has 1 atom stereocenters. The van der Waals surface area contributed by atoms with Crippen LogP contribution in [0.15, 0.2) is 36.4 Å². The van der Waals surface area contributed by atoms with Gasteiger partial charge in [-0.2, -0.15) is 0 Å². The van der Waals surface area contributed by atoms with Crippen LogP contribution in [0.5, 0.6) is 17.2 Å². The summed E-state index contributed by atoms with van der Waals surface area (Å²) in [6, 6.07) is 12.2. The maximum atomic E-state index is 13.6. The van der Waals surface area contributed by atoms with Crippen molar-refractivity contribution in [1.82, 2.24) is 9.80 Å². The summed E-state index contributed by atoms with van der Waals surface area (Å²) in [5.74, 6) is 2.52. The zero-order valence-electron chi connectivity index (χ0n) is 18.1. The van der Waals surface area contributed by atoms with E-state index in [1.165, 1.54) is 6.42 Å². The van der Waals surface area contributed by atoms with Crippen LogP contribution in [0, 0.1) is 0 Å². The molecule has 0 saturated carbocycles. The summed E-state index contributed by atoms with van der Waals surface area (Å²) < 4.78 is 17.0. The van der Waals surface area contributed by atoms with E-state index in [0.29, 0.717) is 32.4 Å². The lowest BCUT2D eigenvalue weighted by atomic mass is 10.1. The van der Waals surface area contributed by atoms with Gasteiger partial charge < -0.3 is 19.1 Å². The maximum absolute atomic E-state index is 13.6. The number of likely N-dealkylation sites (tertiary alicyclic amines) is 1. The summed E-state index contributed by atoms with van der Waals surface area (Å²) in [6.07, 6.45) is 3.20. The smallest absolute Gasteiger partial charge is 0.254 e. The molecule has 1 saturated heterocycles. The Hall–Kier alpha value is -2.73. The van der Waals surface area contributed by atoms with Gasteiger partial charge in [0.1, 0.15) is 19.0 Å². The lowest BCUT2D eigenvalue weighted by Gasteiger charge is -2.31. The van der Waals surface area contributed by atoms with Crippen molar-refractivity contribution in [3.05, 3.63) is 53.1 Å². The van der Waals surface area contributed by atoms with Gasteiger partial charge in [0.2, 0.25) is 0 Å². The van der Waals surface area contributed by atoms with Crippen molar-refractivity contribution in [2.45, 2.75) is 38.8 Å². The molecule has 5 rings (SSSR count). The second-order valence-corrected chi connectivity index (χ2v) is 8.51. The van der Waals surface area contributed by atoms with Crippen LogP contribution >= 0.6 is 0 Å². The Labute approximate surface area is 183 Å². The van der Waals surface area contributed by atoms with E-state index in [1.807, 2.05) is 41.3 Å². The normalized spacial score (nSPS) is 19.7. The molecule has 2 aromatic rings. The quantitative estimate of drug-likeness (QED) is 0.713. The SMILES string of the molecule is CCN1CCC[C@H]1CN(Cc1ccc2c(c1)OCCO2)C(=O)c1ccc2c(c1)CCO2. The van der Waals surface area contributed by atoms with E-state index in [0.717, 1.165) is 66.4 Å². The van der Waals surface area contributed by atoms with Gasteiger partial charge in [-0.25, -0.2) is 0 Å². The van der Waals surface area contributed by atoms with Gasteiger partial charge in [0.05, 0.1) is 6.61 Å². The van der Waals surface area contributed by atoms with Crippen LogP contribution in [0.1, 0.15) is 41.3 Å². The molecule has 164 valence electrons. The minimum atomic E-state index is 0.0764. The first kappa shape index (κ1) is 20.2. The summed E-state index contributed by atoms with van der Waals surface area (Å²) in [5, 5.41) is 0. The number of carbonyl (C=O) groups excluding carboxylic acids is 1. The fourth-order valence-corrected chi connectivity index (χ4v) is 4.90. The van der Waals surface area contributed by atoms with Crippen LogP contribution in [0.4, 0.5) is 0 Å². The molecule has 3 aliphatic heterocycles. The van der Waals surface area contributed by atoms with Crippen LogP contribution in [-0.4, -0.2) is 61.2 Å². The van der Waals surface area contributed by atoms with Gasteiger partial charge in [-0.3, -0.25) is 9.69 Å². The number of rotatable bonds is 6. The highest BCUT2D eigenvalue weighted by molar-refractivity contribution is 5.94. The van der Waals surface area contributed by atoms with Crippen molar-refractivity contribution in [3.63, 3.8) is 0 Å². The topological polar surface area (TPSA) is 51.2 Å². The number of nitrogens with zero attached hydrogens (tertiary/aromatic N) is 2. The van der Waals surface area contributed by atoms with Crippen molar-refractivity contribution < 1.29 is 19.0 Å². The molecule has 0 N–H and O–H groups in total. The van der Waals surface area contributed by atoms with E-state index in [2.05, 4.69) is 11.8 Å². The molecule has 3 heterocycles. The summed E-state index contributed by atoms with van der Waals surface area (Å²) in [4.78, 5) is 18.1. The summed E-state index contributed by atoms with van der Waals surface area (Å²) in [7, 11) is 0. The maximum Gasteiger partial charge on any atom is 0.254 e. The molecule has 6 nitrogen and oxygen atoms in total. The molecule has 0 spiro atoms. The highest BCUT2D eigenvalue weighted by Crippen LogP contribution is 2.32. The molecule has 0 bridgehead atoms. The second-order valence-electron chi connectivity index (χ2n) is 8.51. The average molecular weight is 423 g/mol. The molecule has 2 aromatic carbocycles. The van der Waals surface area contributed by atoms with Crippen molar-refractivity contribution in [2.75, 3.05) is 39.5 Å². The van der Waals surface area contributed by atoms with E-state index in [1.54, 1.807) is 0 Å². The van der Waals surface area contributed by atoms with Gasteiger partial charge in [0.15, 0.2) is 11.5 Å². The van der Waals surface area contributed by atoms with Gasteiger partial charge in [0, 0.05) is 31.1 Å². The lowest BCUT2D eigenvalue weighted by Crippen LogP contribution is -2.42. The van der Waals surface area contributed by atoms with E-state index in [-0.39, 0.29) is 5.91 Å². The lowest BCUT2D eigenvalue weighted by molar-refractivity contribution is 0.0691. The number of likely N-dealkylation sites (N-methyl/N-ethyl adjacent to an activating group) is 1. The average Bonchev–Trinajstić information content (AvgIpc) is 3.46. The Bertz CT molecular complexity index is 961. The van der Waals surface area contributed by atoms with Crippen molar-refractivity contribution in [1.29, 1.82) is 0 Å². The Balaban J connectivity index is 1.40. The summed E-state index contributed by atoms with van der Waals surface area (Å²) >= 11 is 0. The number of hydrogen-bond donors (Lipinski definition) is 0. The molecule has 0 radical (unpaired) electrons. The Morgan fingerprint density at radius 1 is 1.03 bits per heavy atom. The zero-order chi connectivity index (χ0) is 21.2. The van der Waals surface area contributed by atoms with E-state index >= 15 is 0 Å². The molecular weight excluding hydrogens is 392 g/mol. The number of ether oxygens (including phenoxy) is 3. The van der Waals surface area contributed by atoms with Crippen molar-refractivity contribution >= 4 is 5.91 Å². The third-order valence-electron chi connectivity index (χ3n) is 6.54. The molecule has 3 aliphatic rings. The number of amides is 1. The zero-order valence-corrected chi connectivity index (χ0v) is 18.1. The van der Waals surface area contributed by atoms with E-state index < -0.39 is 0 Å². The molecule has 0 aliphatic carbocycles. The third-order valence-corrected chi connectivity index (χ3v) is 6.54. The number of hydrogen-bond acceptors (Lipinski definition) is 5. The number of benzene rings is 2. The van der Waals surface area contributed by atoms with Gasteiger partial charge in [-0.15, -0.1) is 0 Å². The Morgan fingerprint density at radius 2 is 1.84 bits per heavy atom. The minimum absolute atomic E-state index is 0.0764. The standard InChI is InChI=1S/C25H30N2O4/c1-2-26-10-3-4-21(26)17-27(16-18-5-7-23-24(14-18)31-13-12-30-23)25(28)20-6-8-22-19(15-20)9-11-29-22/h5-8,14-15,21H,2-4,9-13,16-17H2,1H3/t21-/m0/s1. The largest absolute Gasteiger partial charge is 0.493 e. The fraction of sp³-hybridized carbons (Fsp3) is 0.480. The van der Waals surface area contributed by atoms with Crippen molar-refractivity contribution in [2.24, 2.45) is 0 Å². The molecule has 6 heteroatoms. The third kappa shape index (κ3) is 4.22. The number of fused-ring (bicyclic) bond motifs is 2. The molecule has 1 fully saturated rings. The molecule has 0 unspecified atom stereocenters. The monoisotopic (exact) mass is 422 g/mol. The highest BCUT2D eigenvalue weighted by Gasteiger charge is 2.28. The predicted octanol–water partition coefficient (Wildman–Crippen LogP) is 3.52. The van der Waals surface area contributed by atoms with Crippen LogP contribution in [0.2, 0.25) is 0 Å². The van der Waals surface area contributed by atoms with Gasteiger partial charge in [-0.1, -0.05) is 13.0 Å². The Kier molecular flexibility index (Phi) is 5.72. The molecule has 31 heavy (non-hydrogen) atoms. The van der Waals surface area contributed by atoms with Crippen molar-refractivity contribution in [3.8, 4) is 17.2 Å². The highest BCUT2D eigenvalue weighted by atomic mass is 16.6. The van der Waals surface area contributed by atoms with E-state index in [9.17, 15) is 4.79 Å². The molecule has 0 aromatic heterocycles. The van der Waals surface area contributed by atoms with Gasteiger partial charge in [-0.05, 0) is 67.4 Å². The predicted molar refractivity (Wildman–Crippen MR) is 118 cm³/mol. The fourth-order valence-electron chi connectivity index (χ4n) is 4.90. The minimum Gasteiger partial charge on any atom is -0.493 e. The first-order chi connectivity index (χ1) is 15.2. The summed E-state index contributed by atoms with van der Waals surface area (Å²) in [5.41, 5.74) is 2.92. The summed E-state index contributed by atoms with van der Waals surface area (Å²) in [6.45, 7) is 7.45. The Morgan fingerprint density at radius 3 is 2.71 bits per heavy atom. The number of carbonyl (C=O) groups is 1. The van der Waals surface area contributed by atoms with Crippen LogP contribution in [0.25, 0.3) is 0 Å². The van der Waals surface area contributed by atoms with Crippen LogP contribution < -0.4 is 14.2 Å². The molecule has 1 amide bonds. The van der Waals surface area contributed by atoms with Gasteiger partial charge >= 0.3 is 0 Å². The first-order valence-electron chi connectivity index (χ1n) is 11.4. The molecular formula is C25H30N2O4. The second kappa shape index (κ2) is 8.79.